The van der Waals surface area contributed by atoms with Gasteiger partial charge in [0.15, 0.2) is 6.29 Å². The van der Waals surface area contributed by atoms with Gasteiger partial charge in [-0.2, -0.15) is 0 Å². The molecule has 1 aliphatic carbocycles. The maximum absolute atomic E-state index is 6.16. The fraction of sp³-hybridized carbons (Fsp3) is 1.00. The molecule has 0 bridgehead atoms. The molecule has 1 saturated heterocycles. The van der Waals surface area contributed by atoms with E-state index in [4.69, 9.17) is 15.2 Å². The molecule has 2 rings (SSSR count). The van der Waals surface area contributed by atoms with E-state index in [0.29, 0.717) is 6.54 Å². The molecule has 118 valence electrons. The molecule has 0 radical (unpaired) electrons. The lowest BCUT2D eigenvalue weighted by molar-refractivity contribution is -0.138. The van der Waals surface area contributed by atoms with Gasteiger partial charge in [0, 0.05) is 38.8 Å². The van der Waals surface area contributed by atoms with Crippen molar-refractivity contribution >= 4 is 0 Å². The minimum atomic E-state index is -0.160. The predicted molar refractivity (Wildman–Crippen MR) is 81.6 cm³/mol. The summed E-state index contributed by atoms with van der Waals surface area (Å²) < 4.78 is 10.8. The summed E-state index contributed by atoms with van der Waals surface area (Å²) in [5.41, 5.74) is 6.15. The minimum absolute atomic E-state index is 0.0165. The maximum Gasteiger partial charge on any atom is 0.158 e. The zero-order valence-electron chi connectivity index (χ0n) is 13.4. The van der Waals surface area contributed by atoms with Gasteiger partial charge in [0.1, 0.15) is 0 Å². The highest BCUT2D eigenvalue weighted by Crippen LogP contribution is 2.39. The maximum atomic E-state index is 6.16. The standard InChI is InChI=1S/C16H32N2O2/c1-16(12-17,11-15(19-2)20-3)18-10-6-8-13-7-4-5-9-14(13)18/h13-15H,4-12,17H2,1-3H3/t13-,14-,16?/m1/s1. The fourth-order valence-corrected chi connectivity index (χ4v) is 4.23. The van der Waals surface area contributed by atoms with Crippen molar-refractivity contribution in [2.45, 2.75) is 69.7 Å². The van der Waals surface area contributed by atoms with E-state index in [9.17, 15) is 0 Å². The monoisotopic (exact) mass is 284 g/mol. The van der Waals surface area contributed by atoms with Crippen LogP contribution in [0, 0.1) is 5.92 Å². The average molecular weight is 284 g/mol. The van der Waals surface area contributed by atoms with Crippen LogP contribution in [0.3, 0.4) is 0 Å². The van der Waals surface area contributed by atoms with E-state index < -0.39 is 0 Å². The Kier molecular flexibility index (Phi) is 5.84. The number of rotatable bonds is 6. The van der Waals surface area contributed by atoms with E-state index in [1.807, 2.05) is 0 Å². The van der Waals surface area contributed by atoms with Gasteiger partial charge in [-0.3, -0.25) is 4.90 Å². The summed E-state index contributed by atoms with van der Waals surface area (Å²) in [4.78, 5) is 2.69. The highest BCUT2D eigenvalue weighted by molar-refractivity contribution is 4.97. The van der Waals surface area contributed by atoms with Crippen molar-refractivity contribution in [3.63, 3.8) is 0 Å². The SMILES string of the molecule is COC(CC(C)(CN)N1CCC[C@H]2CCCC[C@H]21)OC. The Labute approximate surface area is 124 Å². The van der Waals surface area contributed by atoms with E-state index >= 15 is 0 Å². The zero-order chi connectivity index (χ0) is 14.6. The van der Waals surface area contributed by atoms with Gasteiger partial charge in [0.2, 0.25) is 0 Å². The Morgan fingerprint density at radius 2 is 1.80 bits per heavy atom. The molecular weight excluding hydrogens is 252 g/mol. The second-order valence-electron chi connectivity index (χ2n) is 6.75. The normalized spacial score (nSPS) is 31.1. The van der Waals surface area contributed by atoms with Gasteiger partial charge in [-0.25, -0.2) is 0 Å². The Bertz CT molecular complexity index is 294. The van der Waals surface area contributed by atoms with Crippen LogP contribution < -0.4 is 5.73 Å². The molecule has 2 fully saturated rings. The molecule has 20 heavy (non-hydrogen) atoms. The van der Waals surface area contributed by atoms with Crippen molar-refractivity contribution in [3.05, 3.63) is 0 Å². The van der Waals surface area contributed by atoms with Crippen molar-refractivity contribution in [1.29, 1.82) is 0 Å². The van der Waals surface area contributed by atoms with Crippen LogP contribution in [-0.2, 0) is 9.47 Å². The Morgan fingerprint density at radius 3 is 2.45 bits per heavy atom. The third kappa shape index (κ3) is 3.35. The third-order valence-electron chi connectivity index (χ3n) is 5.51. The Hall–Kier alpha value is -0.160. The van der Waals surface area contributed by atoms with E-state index in [2.05, 4.69) is 11.8 Å². The summed E-state index contributed by atoms with van der Waals surface area (Å²) in [5.74, 6) is 0.881. The molecule has 0 aromatic carbocycles. The molecule has 1 heterocycles. The van der Waals surface area contributed by atoms with Crippen molar-refractivity contribution in [1.82, 2.24) is 4.90 Å². The van der Waals surface area contributed by atoms with Gasteiger partial charge in [0.25, 0.3) is 0 Å². The van der Waals surface area contributed by atoms with Crippen LogP contribution in [0.2, 0.25) is 0 Å². The summed E-state index contributed by atoms with van der Waals surface area (Å²) in [5, 5.41) is 0. The first-order valence-electron chi connectivity index (χ1n) is 8.17. The lowest BCUT2D eigenvalue weighted by atomic mass is 9.75. The van der Waals surface area contributed by atoms with Crippen LogP contribution in [0.1, 0.15) is 51.9 Å². The molecule has 0 aromatic rings. The van der Waals surface area contributed by atoms with Gasteiger partial charge in [-0.1, -0.05) is 12.8 Å². The summed E-state index contributed by atoms with van der Waals surface area (Å²) in [6.07, 6.45) is 8.92. The number of ether oxygens (including phenoxy) is 2. The zero-order valence-corrected chi connectivity index (χ0v) is 13.4. The largest absolute Gasteiger partial charge is 0.356 e. The predicted octanol–water partition coefficient (Wildman–Crippen LogP) is 2.37. The van der Waals surface area contributed by atoms with E-state index in [-0.39, 0.29) is 11.8 Å². The number of nitrogens with zero attached hydrogens (tertiary/aromatic N) is 1. The van der Waals surface area contributed by atoms with Crippen LogP contribution >= 0.6 is 0 Å². The minimum Gasteiger partial charge on any atom is -0.356 e. The van der Waals surface area contributed by atoms with Crippen molar-refractivity contribution in [2.24, 2.45) is 11.7 Å². The first-order chi connectivity index (χ1) is 9.64. The van der Waals surface area contributed by atoms with Crippen LogP contribution in [0.15, 0.2) is 0 Å². The molecular formula is C16H32N2O2. The number of likely N-dealkylation sites (tertiary alicyclic amines) is 1. The summed E-state index contributed by atoms with van der Waals surface area (Å²) >= 11 is 0. The summed E-state index contributed by atoms with van der Waals surface area (Å²) in [7, 11) is 3.43. The van der Waals surface area contributed by atoms with Gasteiger partial charge in [0.05, 0.1) is 0 Å². The Morgan fingerprint density at radius 1 is 1.15 bits per heavy atom. The van der Waals surface area contributed by atoms with E-state index in [0.717, 1.165) is 18.4 Å². The van der Waals surface area contributed by atoms with E-state index in [1.165, 1.54) is 45.1 Å². The second-order valence-corrected chi connectivity index (χ2v) is 6.75. The summed E-state index contributed by atoms with van der Waals surface area (Å²) in [6, 6.07) is 0.723. The van der Waals surface area contributed by atoms with Gasteiger partial charge < -0.3 is 15.2 Å². The quantitative estimate of drug-likeness (QED) is 0.761. The molecule has 4 heteroatoms. The topological polar surface area (TPSA) is 47.7 Å². The highest BCUT2D eigenvalue weighted by Gasteiger charge is 2.42. The molecule has 0 spiro atoms. The van der Waals surface area contributed by atoms with Gasteiger partial charge in [-0.05, 0) is 45.1 Å². The van der Waals surface area contributed by atoms with Gasteiger partial charge >= 0.3 is 0 Å². The number of nitrogens with two attached hydrogens (primary N) is 1. The molecule has 2 aliphatic rings. The van der Waals surface area contributed by atoms with Crippen LogP contribution in [0.5, 0.6) is 0 Å². The summed E-state index contributed by atoms with van der Waals surface area (Å²) in [6.45, 7) is 4.13. The van der Waals surface area contributed by atoms with Gasteiger partial charge in [-0.15, -0.1) is 0 Å². The molecule has 1 saturated carbocycles. The molecule has 0 amide bonds. The molecule has 1 aliphatic heterocycles. The van der Waals surface area contributed by atoms with Crippen LogP contribution in [0.25, 0.3) is 0 Å². The average Bonchev–Trinajstić information content (AvgIpc) is 2.51. The molecule has 4 nitrogen and oxygen atoms in total. The first kappa shape index (κ1) is 16.2. The Balaban J connectivity index is 2.11. The smallest absolute Gasteiger partial charge is 0.158 e. The van der Waals surface area contributed by atoms with Crippen molar-refractivity contribution in [2.75, 3.05) is 27.3 Å². The lowest BCUT2D eigenvalue weighted by Gasteiger charge is -2.53. The lowest BCUT2D eigenvalue weighted by Crippen LogP contribution is -2.61. The highest BCUT2D eigenvalue weighted by atomic mass is 16.7. The van der Waals surface area contributed by atoms with Crippen molar-refractivity contribution in [3.8, 4) is 0 Å². The van der Waals surface area contributed by atoms with Crippen LogP contribution in [-0.4, -0.2) is 50.1 Å². The molecule has 1 unspecified atom stereocenters. The molecule has 3 atom stereocenters. The molecule has 0 aromatic heterocycles. The number of hydrogen-bond donors (Lipinski definition) is 1. The van der Waals surface area contributed by atoms with Crippen molar-refractivity contribution < 1.29 is 9.47 Å². The third-order valence-corrected chi connectivity index (χ3v) is 5.51. The molecule has 2 N–H and O–H groups in total. The van der Waals surface area contributed by atoms with Crippen LogP contribution in [0.4, 0.5) is 0 Å². The van der Waals surface area contributed by atoms with E-state index in [1.54, 1.807) is 14.2 Å². The first-order valence-corrected chi connectivity index (χ1v) is 8.17. The fourth-order valence-electron chi connectivity index (χ4n) is 4.23. The number of hydrogen-bond acceptors (Lipinski definition) is 4. The number of fused-ring (bicyclic) bond motifs is 1. The number of methoxy groups -OCH3 is 2. The number of piperidine rings is 1. The second kappa shape index (κ2) is 7.21.